The lowest BCUT2D eigenvalue weighted by Gasteiger charge is -2.05. The SMILES string of the molecule is CNCCC(=O)NCCCc1ccccc1.Cl. The number of hydrogen-bond acceptors (Lipinski definition) is 2. The van der Waals surface area contributed by atoms with Gasteiger partial charge in [0.05, 0.1) is 0 Å². The molecule has 2 N–H and O–H groups in total. The molecule has 0 bridgehead atoms. The van der Waals surface area contributed by atoms with Gasteiger partial charge in [-0.2, -0.15) is 0 Å². The Morgan fingerprint density at radius 3 is 2.53 bits per heavy atom. The molecule has 0 spiro atoms. The van der Waals surface area contributed by atoms with Gasteiger partial charge < -0.3 is 10.6 Å². The molecule has 0 radical (unpaired) electrons. The summed E-state index contributed by atoms with van der Waals surface area (Å²) in [5.74, 6) is 0.127. The zero-order valence-corrected chi connectivity index (χ0v) is 11.1. The van der Waals surface area contributed by atoms with Crippen molar-refractivity contribution in [1.29, 1.82) is 0 Å². The Morgan fingerprint density at radius 2 is 1.88 bits per heavy atom. The van der Waals surface area contributed by atoms with Crippen LogP contribution in [0.3, 0.4) is 0 Å². The predicted molar refractivity (Wildman–Crippen MR) is 73.6 cm³/mol. The summed E-state index contributed by atoms with van der Waals surface area (Å²) in [5.41, 5.74) is 1.33. The minimum absolute atomic E-state index is 0. The number of benzene rings is 1. The van der Waals surface area contributed by atoms with Crippen LogP contribution >= 0.6 is 12.4 Å². The second kappa shape index (κ2) is 10.1. The normalized spacial score (nSPS) is 9.47. The van der Waals surface area contributed by atoms with Gasteiger partial charge in [0.1, 0.15) is 0 Å². The molecular weight excluding hydrogens is 236 g/mol. The van der Waals surface area contributed by atoms with Crippen molar-refractivity contribution in [3.63, 3.8) is 0 Å². The van der Waals surface area contributed by atoms with E-state index in [0.717, 1.165) is 25.9 Å². The summed E-state index contributed by atoms with van der Waals surface area (Å²) in [6, 6.07) is 10.3. The van der Waals surface area contributed by atoms with E-state index in [9.17, 15) is 4.79 Å². The molecule has 4 heteroatoms. The molecule has 0 aliphatic carbocycles. The fraction of sp³-hybridized carbons (Fsp3) is 0.462. The van der Waals surface area contributed by atoms with Crippen molar-refractivity contribution >= 4 is 18.3 Å². The van der Waals surface area contributed by atoms with E-state index in [2.05, 4.69) is 22.8 Å². The lowest BCUT2D eigenvalue weighted by Crippen LogP contribution is -2.27. The molecule has 96 valence electrons. The van der Waals surface area contributed by atoms with Gasteiger partial charge in [0.2, 0.25) is 5.91 Å². The molecular formula is C13H21ClN2O. The van der Waals surface area contributed by atoms with E-state index in [0.29, 0.717) is 6.42 Å². The van der Waals surface area contributed by atoms with E-state index < -0.39 is 0 Å². The summed E-state index contributed by atoms with van der Waals surface area (Å²) in [4.78, 5) is 11.3. The molecule has 1 aromatic carbocycles. The van der Waals surface area contributed by atoms with Crippen LogP contribution < -0.4 is 10.6 Å². The van der Waals surface area contributed by atoms with E-state index in [-0.39, 0.29) is 18.3 Å². The van der Waals surface area contributed by atoms with Crippen LogP contribution in [-0.4, -0.2) is 26.0 Å². The lowest BCUT2D eigenvalue weighted by molar-refractivity contribution is -0.120. The lowest BCUT2D eigenvalue weighted by atomic mass is 10.1. The van der Waals surface area contributed by atoms with E-state index in [1.54, 1.807) is 0 Å². The van der Waals surface area contributed by atoms with Gasteiger partial charge in [-0.1, -0.05) is 30.3 Å². The third kappa shape index (κ3) is 7.77. The highest BCUT2D eigenvalue weighted by Gasteiger charge is 1.98. The van der Waals surface area contributed by atoms with Gasteiger partial charge in [-0.25, -0.2) is 0 Å². The Balaban J connectivity index is 0.00000256. The minimum atomic E-state index is 0. The Morgan fingerprint density at radius 1 is 1.18 bits per heavy atom. The van der Waals surface area contributed by atoms with Crippen LogP contribution in [0, 0.1) is 0 Å². The maximum atomic E-state index is 11.3. The average molecular weight is 257 g/mol. The summed E-state index contributed by atoms with van der Waals surface area (Å²) in [6.07, 6.45) is 2.57. The second-order valence-electron chi connectivity index (χ2n) is 3.79. The molecule has 17 heavy (non-hydrogen) atoms. The first kappa shape index (κ1) is 15.9. The average Bonchev–Trinajstić information content (AvgIpc) is 2.33. The zero-order chi connectivity index (χ0) is 11.6. The smallest absolute Gasteiger partial charge is 0.221 e. The number of aryl methyl sites for hydroxylation is 1. The number of rotatable bonds is 7. The fourth-order valence-electron chi connectivity index (χ4n) is 1.49. The van der Waals surface area contributed by atoms with Gasteiger partial charge >= 0.3 is 0 Å². The van der Waals surface area contributed by atoms with Crippen molar-refractivity contribution in [3.8, 4) is 0 Å². The molecule has 0 saturated heterocycles. The minimum Gasteiger partial charge on any atom is -0.356 e. The van der Waals surface area contributed by atoms with Crippen molar-refractivity contribution in [2.45, 2.75) is 19.3 Å². The largest absolute Gasteiger partial charge is 0.356 e. The first-order valence-corrected chi connectivity index (χ1v) is 5.78. The molecule has 1 rings (SSSR count). The van der Waals surface area contributed by atoms with Crippen LogP contribution in [0.25, 0.3) is 0 Å². The molecule has 0 aliphatic heterocycles. The monoisotopic (exact) mass is 256 g/mol. The molecule has 0 fully saturated rings. The van der Waals surface area contributed by atoms with Crippen LogP contribution in [0.1, 0.15) is 18.4 Å². The second-order valence-corrected chi connectivity index (χ2v) is 3.79. The Kier molecular flexibility index (Phi) is 9.49. The van der Waals surface area contributed by atoms with Crippen LogP contribution in [-0.2, 0) is 11.2 Å². The Hall–Kier alpha value is -1.06. The van der Waals surface area contributed by atoms with Gasteiger partial charge in [-0.15, -0.1) is 12.4 Å². The van der Waals surface area contributed by atoms with E-state index >= 15 is 0 Å². The van der Waals surface area contributed by atoms with E-state index in [1.807, 2.05) is 25.2 Å². The van der Waals surface area contributed by atoms with Crippen molar-refractivity contribution in [2.75, 3.05) is 20.1 Å². The quantitative estimate of drug-likeness (QED) is 0.730. The van der Waals surface area contributed by atoms with Crippen LogP contribution in [0.4, 0.5) is 0 Å². The molecule has 0 saturated carbocycles. The zero-order valence-electron chi connectivity index (χ0n) is 10.2. The highest BCUT2D eigenvalue weighted by Crippen LogP contribution is 2.01. The Labute approximate surface area is 109 Å². The molecule has 0 atom stereocenters. The van der Waals surface area contributed by atoms with Gasteiger partial charge in [-0.3, -0.25) is 4.79 Å². The standard InChI is InChI=1S/C13H20N2O.ClH/c1-14-11-9-13(16)15-10-5-8-12-6-3-2-4-7-12;/h2-4,6-7,14H,5,8-11H2,1H3,(H,15,16);1H. The van der Waals surface area contributed by atoms with Crippen molar-refractivity contribution in [1.82, 2.24) is 10.6 Å². The first-order valence-electron chi connectivity index (χ1n) is 5.78. The third-order valence-electron chi connectivity index (χ3n) is 2.41. The topological polar surface area (TPSA) is 41.1 Å². The summed E-state index contributed by atoms with van der Waals surface area (Å²) < 4.78 is 0. The maximum Gasteiger partial charge on any atom is 0.221 e. The molecule has 1 aromatic rings. The highest BCUT2D eigenvalue weighted by molar-refractivity contribution is 5.85. The summed E-state index contributed by atoms with van der Waals surface area (Å²) in [5, 5.41) is 5.86. The van der Waals surface area contributed by atoms with Gasteiger partial charge in [0.15, 0.2) is 0 Å². The predicted octanol–water partition coefficient (Wildman–Crippen LogP) is 1.77. The molecule has 3 nitrogen and oxygen atoms in total. The first-order chi connectivity index (χ1) is 7.83. The number of amides is 1. The van der Waals surface area contributed by atoms with Crippen molar-refractivity contribution < 1.29 is 4.79 Å². The summed E-state index contributed by atoms with van der Waals surface area (Å²) in [7, 11) is 1.85. The van der Waals surface area contributed by atoms with Gasteiger partial charge in [-0.05, 0) is 25.5 Å². The maximum absolute atomic E-state index is 11.3. The number of nitrogens with one attached hydrogen (secondary N) is 2. The van der Waals surface area contributed by atoms with Crippen LogP contribution in [0.5, 0.6) is 0 Å². The number of halogens is 1. The summed E-state index contributed by atoms with van der Waals surface area (Å²) in [6.45, 7) is 1.50. The van der Waals surface area contributed by atoms with Crippen LogP contribution in [0.2, 0.25) is 0 Å². The molecule has 0 unspecified atom stereocenters. The van der Waals surface area contributed by atoms with Gasteiger partial charge in [0, 0.05) is 19.5 Å². The van der Waals surface area contributed by atoms with Crippen molar-refractivity contribution in [3.05, 3.63) is 35.9 Å². The van der Waals surface area contributed by atoms with E-state index in [4.69, 9.17) is 0 Å². The fourth-order valence-corrected chi connectivity index (χ4v) is 1.49. The molecule has 0 aliphatic rings. The third-order valence-corrected chi connectivity index (χ3v) is 2.41. The number of carbonyl (C=O) groups excluding carboxylic acids is 1. The van der Waals surface area contributed by atoms with E-state index in [1.165, 1.54) is 5.56 Å². The molecule has 0 aromatic heterocycles. The van der Waals surface area contributed by atoms with Gasteiger partial charge in [0.25, 0.3) is 0 Å². The van der Waals surface area contributed by atoms with Crippen molar-refractivity contribution in [2.24, 2.45) is 0 Å². The number of carbonyl (C=O) groups is 1. The molecule has 1 amide bonds. The Bertz CT molecular complexity index is 304. The summed E-state index contributed by atoms with van der Waals surface area (Å²) >= 11 is 0. The van der Waals surface area contributed by atoms with Crippen LogP contribution in [0.15, 0.2) is 30.3 Å². The highest BCUT2D eigenvalue weighted by atomic mass is 35.5. The number of hydrogen-bond donors (Lipinski definition) is 2. The molecule has 0 heterocycles.